The Kier molecular flexibility index (Phi) is 7.37. The topological polar surface area (TPSA) is 3.24 Å². The molecule has 0 N–H and O–H groups in total. The lowest BCUT2D eigenvalue weighted by molar-refractivity contribution is 0.633. The fraction of sp³-hybridized carbons (Fsp3) is 0.0769. The highest BCUT2D eigenvalue weighted by Gasteiger charge is 2.59. The van der Waals surface area contributed by atoms with Crippen molar-refractivity contribution in [3.05, 3.63) is 280 Å². The van der Waals surface area contributed by atoms with Crippen LogP contribution in [0.15, 0.2) is 224 Å². The Morgan fingerprint density at radius 2 is 0.731 bits per heavy atom. The largest absolute Gasteiger partial charge is 0.309 e. The minimum atomic E-state index is -0.547. The molecular formula is C65H43NS. The van der Waals surface area contributed by atoms with Gasteiger partial charge in [-0.1, -0.05) is 202 Å². The highest BCUT2D eigenvalue weighted by molar-refractivity contribution is 7.26. The van der Waals surface area contributed by atoms with Crippen molar-refractivity contribution >= 4 is 48.6 Å². The zero-order valence-corrected chi connectivity index (χ0v) is 38.0. The van der Waals surface area contributed by atoms with Crippen LogP contribution in [0.5, 0.6) is 0 Å². The predicted octanol–water partition coefficient (Wildman–Crippen LogP) is 16.9. The number of nitrogens with zero attached hydrogens (tertiary/aromatic N) is 1. The molecule has 2 spiro atoms. The van der Waals surface area contributed by atoms with E-state index in [1.165, 1.54) is 121 Å². The predicted molar refractivity (Wildman–Crippen MR) is 280 cm³/mol. The first-order valence-corrected chi connectivity index (χ1v) is 24.4. The normalized spacial score (nSPS) is 15.4. The Labute approximate surface area is 394 Å². The molecular weight excluding hydrogens is 827 g/mol. The van der Waals surface area contributed by atoms with Gasteiger partial charge in [0, 0.05) is 32.3 Å². The van der Waals surface area contributed by atoms with Gasteiger partial charge in [-0.25, -0.2) is 0 Å². The molecule has 15 rings (SSSR count). The number of hydrogen-bond donors (Lipinski definition) is 0. The Morgan fingerprint density at radius 3 is 1.33 bits per heavy atom. The molecule has 10 aromatic carbocycles. The Bertz CT molecular complexity index is 3840. The van der Waals surface area contributed by atoms with Crippen LogP contribution in [0.3, 0.4) is 0 Å². The zero-order valence-electron chi connectivity index (χ0n) is 37.2. The summed E-state index contributed by atoms with van der Waals surface area (Å²) in [5, 5.41) is 2.60. The summed E-state index contributed by atoms with van der Waals surface area (Å²) >= 11 is 1.89. The van der Waals surface area contributed by atoms with E-state index in [1.54, 1.807) is 0 Å². The van der Waals surface area contributed by atoms with E-state index in [1.807, 2.05) is 11.3 Å². The third-order valence-electron chi connectivity index (χ3n) is 16.2. The molecule has 67 heavy (non-hydrogen) atoms. The first-order chi connectivity index (χ1) is 33.0. The molecule has 0 aliphatic heterocycles. The van der Waals surface area contributed by atoms with Gasteiger partial charge in [0.1, 0.15) is 0 Å². The maximum Gasteiger partial charge on any atom is 0.0720 e. The van der Waals surface area contributed by atoms with Crippen molar-refractivity contribution in [2.45, 2.75) is 30.1 Å². The molecule has 314 valence electrons. The van der Waals surface area contributed by atoms with Gasteiger partial charge in [0.25, 0.3) is 0 Å². The van der Waals surface area contributed by atoms with Crippen LogP contribution < -0.4 is 4.90 Å². The molecule has 0 bridgehead atoms. The third-order valence-corrected chi connectivity index (χ3v) is 17.4. The summed E-state index contributed by atoms with van der Waals surface area (Å²) in [6.45, 7) is 4.77. The highest BCUT2D eigenvalue weighted by Crippen LogP contribution is 2.68. The number of anilines is 3. The van der Waals surface area contributed by atoms with Crippen LogP contribution in [0.4, 0.5) is 17.1 Å². The van der Waals surface area contributed by atoms with Gasteiger partial charge in [0.2, 0.25) is 0 Å². The quantitative estimate of drug-likeness (QED) is 0.171. The number of rotatable bonds is 3. The maximum absolute atomic E-state index is 2.55. The van der Waals surface area contributed by atoms with Crippen molar-refractivity contribution in [2.75, 3.05) is 4.90 Å². The smallest absolute Gasteiger partial charge is 0.0720 e. The number of hydrogen-bond acceptors (Lipinski definition) is 2. The molecule has 1 nitrogen and oxygen atoms in total. The lowest BCUT2D eigenvalue weighted by atomic mass is 9.52. The molecule has 1 heterocycles. The van der Waals surface area contributed by atoms with Crippen LogP contribution in [-0.4, -0.2) is 0 Å². The molecule has 4 aliphatic rings. The second-order valence-corrected chi connectivity index (χ2v) is 20.5. The fourth-order valence-electron chi connectivity index (χ4n) is 13.5. The summed E-state index contributed by atoms with van der Waals surface area (Å²) < 4.78 is 2.60. The molecule has 0 fully saturated rings. The fourth-order valence-corrected chi connectivity index (χ4v) is 14.7. The summed E-state index contributed by atoms with van der Waals surface area (Å²) in [5.41, 5.74) is 23.8. The van der Waals surface area contributed by atoms with E-state index in [9.17, 15) is 0 Å². The van der Waals surface area contributed by atoms with Gasteiger partial charge in [-0.3, -0.25) is 0 Å². The van der Waals surface area contributed by atoms with Crippen LogP contribution in [0.1, 0.15) is 69.5 Å². The summed E-state index contributed by atoms with van der Waals surface area (Å²) in [7, 11) is 0. The van der Waals surface area contributed by atoms with Crippen molar-refractivity contribution in [1.82, 2.24) is 0 Å². The summed E-state index contributed by atoms with van der Waals surface area (Å²) in [5.74, 6) is 0. The molecule has 11 aromatic rings. The van der Waals surface area contributed by atoms with E-state index in [-0.39, 0.29) is 5.41 Å². The van der Waals surface area contributed by atoms with Crippen molar-refractivity contribution in [1.29, 1.82) is 0 Å². The number of thiophene rings is 1. The minimum absolute atomic E-state index is 0.139. The summed E-state index contributed by atoms with van der Waals surface area (Å²) in [6.07, 6.45) is 0. The lowest BCUT2D eigenvalue weighted by Crippen LogP contribution is -2.43. The third kappa shape index (κ3) is 4.54. The average molecular weight is 870 g/mol. The molecule has 0 amide bonds. The molecule has 2 heteroatoms. The molecule has 0 saturated heterocycles. The van der Waals surface area contributed by atoms with Crippen LogP contribution >= 0.6 is 11.3 Å². The molecule has 0 radical (unpaired) electrons. The summed E-state index contributed by atoms with van der Waals surface area (Å²) in [4.78, 5) is 2.55. The highest BCUT2D eigenvalue weighted by atomic mass is 32.1. The molecule has 0 atom stereocenters. The zero-order chi connectivity index (χ0) is 44.2. The van der Waals surface area contributed by atoms with Gasteiger partial charge in [-0.05, 0) is 125 Å². The van der Waals surface area contributed by atoms with E-state index >= 15 is 0 Å². The maximum atomic E-state index is 2.55. The Morgan fingerprint density at radius 1 is 0.313 bits per heavy atom. The first-order valence-electron chi connectivity index (χ1n) is 23.6. The van der Waals surface area contributed by atoms with E-state index in [0.717, 1.165) is 5.69 Å². The molecule has 4 aliphatic carbocycles. The number of fused-ring (bicyclic) bond motifs is 22. The second kappa shape index (κ2) is 13.2. The van der Waals surface area contributed by atoms with E-state index in [0.29, 0.717) is 0 Å². The van der Waals surface area contributed by atoms with Gasteiger partial charge in [0.15, 0.2) is 0 Å². The molecule has 0 unspecified atom stereocenters. The van der Waals surface area contributed by atoms with Crippen LogP contribution in [0.2, 0.25) is 0 Å². The Balaban J connectivity index is 1.01. The SMILES string of the molecule is CC1(C)c2ccccc2-c2ccc(N(c3ccc4c(c3)-c3ccccc3C43c4ccccc4C4(c5ccccc5-c5ccccc54)c4ccccc43)c3cccc4c3sc3ccccc34)cc21. The minimum Gasteiger partial charge on any atom is -0.309 e. The van der Waals surface area contributed by atoms with Gasteiger partial charge < -0.3 is 4.90 Å². The van der Waals surface area contributed by atoms with Crippen molar-refractivity contribution in [3.8, 4) is 33.4 Å². The standard InChI is InChI=1S/C65H43NS/c1-63(2)50-24-8-3-18-42(50)46-36-34-41(39-59(46)63)66(60-32-17-23-48-47-22-7-16-33-61(47)67-62(48)60)40-35-37-54-49(38-40)45-21-6-11-27-53(45)65(54)57-30-14-12-28-55(57)64(56-29-13-15-31-58(56)65)51-25-9-4-19-43(51)44-20-5-10-26-52(44)64/h3-39H,1-2H3. The van der Waals surface area contributed by atoms with Gasteiger partial charge in [-0.2, -0.15) is 0 Å². The monoisotopic (exact) mass is 869 g/mol. The van der Waals surface area contributed by atoms with Crippen LogP contribution in [0, 0.1) is 0 Å². The van der Waals surface area contributed by atoms with Gasteiger partial charge in [0.05, 0.1) is 21.2 Å². The van der Waals surface area contributed by atoms with Crippen LogP contribution in [0.25, 0.3) is 53.6 Å². The van der Waals surface area contributed by atoms with Crippen LogP contribution in [-0.2, 0) is 16.2 Å². The second-order valence-electron chi connectivity index (χ2n) is 19.4. The summed E-state index contributed by atoms with van der Waals surface area (Å²) in [6, 6.07) is 85.7. The average Bonchev–Trinajstić information content (AvgIpc) is 4.07. The first kappa shape index (κ1) is 37.4. The van der Waals surface area contributed by atoms with E-state index in [2.05, 4.69) is 243 Å². The van der Waals surface area contributed by atoms with Crippen molar-refractivity contribution in [2.24, 2.45) is 0 Å². The van der Waals surface area contributed by atoms with Crippen molar-refractivity contribution < 1.29 is 0 Å². The molecule has 1 aromatic heterocycles. The lowest BCUT2D eigenvalue weighted by Gasteiger charge is -2.48. The van der Waals surface area contributed by atoms with Gasteiger partial charge >= 0.3 is 0 Å². The Hall–Kier alpha value is -7.78. The van der Waals surface area contributed by atoms with E-state index in [4.69, 9.17) is 0 Å². The molecule has 0 saturated carbocycles. The van der Waals surface area contributed by atoms with E-state index < -0.39 is 10.8 Å². The van der Waals surface area contributed by atoms with Gasteiger partial charge in [-0.15, -0.1) is 11.3 Å². The van der Waals surface area contributed by atoms with Crippen molar-refractivity contribution in [3.63, 3.8) is 0 Å². The number of benzene rings is 10.